The monoisotopic (exact) mass is 364 g/mol. The minimum atomic E-state index is -0.430. The van der Waals surface area contributed by atoms with Crippen LogP contribution >= 0.6 is 12.4 Å². The van der Waals surface area contributed by atoms with Gasteiger partial charge in [-0.05, 0) is 20.0 Å². The van der Waals surface area contributed by atoms with Crippen molar-refractivity contribution in [1.29, 1.82) is 0 Å². The first kappa shape index (κ1) is 19.3. The van der Waals surface area contributed by atoms with Gasteiger partial charge in [-0.3, -0.25) is 9.48 Å². The Hall–Kier alpha value is -2.05. The molecule has 0 radical (unpaired) electrons. The normalized spacial score (nSPS) is 20.8. The lowest BCUT2D eigenvalue weighted by Crippen LogP contribution is -2.47. The van der Waals surface area contributed by atoms with Crippen LogP contribution in [0.25, 0.3) is 0 Å². The fraction of sp³-hybridized carbons (Fsp3) is 0.444. The van der Waals surface area contributed by atoms with Crippen molar-refractivity contribution >= 4 is 18.3 Å². The van der Waals surface area contributed by atoms with Crippen LogP contribution in [0.4, 0.5) is 0 Å². The van der Waals surface area contributed by atoms with Gasteiger partial charge in [0.1, 0.15) is 17.9 Å². The molecule has 1 aliphatic rings. The maximum absolute atomic E-state index is 12.7. The van der Waals surface area contributed by atoms with Gasteiger partial charge in [-0.15, -0.1) is 12.4 Å². The van der Waals surface area contributed by atoms with Crippen LogP contribution in [0.15, 0.2) is 36.7 Å². The SMILES string of the molecule is CNC(C(=O)NC(C)C1Oc2ccccc2C1C)c1cnn(C)c1.Cl. The van der Waals surface area contributed by atoms with Crippen molar-refractivity contribution in [3.63, 3.8) is 0 Å². The molecule has 0 saturated carbocycles. The molecule has 1 aromatic heterocycles. The number of nitrogens with one attached hydrogen (secondary N) is 2. The highest BCUT2D eigenvalue weighted by Gasteiger charge is 2.36. The molecule has 1 amide bonds. The second-order valence-electron chi connectivity index (χ2n) is 6.38. The molecule has 0 saturated heterocycles. The van der Waals surface area contributed by atoms with Gasteiger partial charge in [0.05, 0.1) is 12.2 Å². The average molecular weight is 365 g/mol. The van der Waals surface area contributed by atoms with Crippen molar-refractivity contribution in [3.05, 3.63) is 47.8 Å². The summed E-state index contributed by atoms with van der Waals surface area (Å²) in [5.74, 6) is 1.07. The number of ether oxygens (including phenoxy) is 1. The zero-order valence-electron chi connectivity index (χ0n) is 14.9. The van der Waals surface area contributed by atoms with Crippen LogP contribution in [0.2, 0.25) is 0 Å². The average Bonchev–Trinajstić information content (AvgIpc) is 3.13. The molecule has 2 heterocycles. The molecule has 4 atom stereocenters. The van der Waals surface area contributed by atoms with E-state index in [9.17, 15) is 4.79 Å². The van der Waals surface area contributed by atoms with Crippen LogP contribution < -0.4 is 15.4 Å². The summed E-state index contributed by atoms with van der Waals surface area (Å²) in [5, 5.41) is 10.3. The molecule has 0 aliphatic carbocycles. The molecule has 0 spiro atoms. The standard InChI is InChI=1S/C18H24N4O2.ClH/c1-11-14-7-5-6-8-15(14)24-17(11)12(2)21-18(23)16(19-3)13-9-20-22(4)10-13;/h5-12,16-17,19H,1-4H3,(H,21,23);1H. The number of hydrogen-bond donors (Lipinski definition) is 2. The van der Waals surface area contributed by atoms with E-state index in [0.717, 1.165) is 11.3 Å². The predicted octanol–water partition coefficient (Wildman–Crippen LogP) is 2.17. The molecule has 0 fully saturated rings. The number of carbonyl (C=O) groups is 1. The van der Waals surface area contributed by atoms with E-state index in [0.29, 0.717) is 0 Å². The van der Waals surface area contributed by atoms with Gasteiger partial charge in [0.2, 0.25) is 5.91 Å². The highest BCUT2D eigenvalue weighted by atomic mass is 35.5. The number of nitrogens with zero attached hydrogens (tertiary/aromatic N) is 2. The molecular weight excluding hydrogens is 340 g/mol. The first-order chi connectivity index (χ1) is 11.5. The van der Waals surface area contributed by atoms with Crippen molar-refractivity contribution in [1.82, 2.24) is 20.4 Å². The summed E-state index contributed by atoms with van der Waals surface area (Å²) < 4.78 is 7.74. The highest BCUT2D eigenvalue weighted by molar-refractivity contribution is 5.85. The van der Waals surface area contributed by atoms with Gasteiger partial charge in [-0.2, -0.15) is 5.10 Å². The van der Waals surface area contributed by atoms with Crippen molar-refractivity contribution in [3.8, 4) is 5.75 Å². The Morgan fingerprint density at radius 3 is 2.68 bits per heavy atom. The second-order valence-corrected chi connectivity index (χ2v) is 6.38. The van der Waals surface area contributed by atoms with E-state index in [1.54, 1.807) is 17.9 Å². The number of para-hydroxylation sites is 1. The van der Waals surface area contributed by atoms with Gasteiger partial charge in [0, 0.05) is 30.3 Å². The molecule has 2 aromatic rings. The number of benzene rings is 1. The minimum Gasteiger partial charge on any atom is -0.487 e. The van der Waals surface area contributed by atoms with Crippen LogP contribution in [0.3, 0.4) is 0 Å². The molecule has 2 N–H and O–H groups in total. The first-order valence-electron chi connectivity index (χ1n) is 8.23. The molecule has 1 aliphatic heterocycles. The summed E-state index contributed by atoms with van der Waals surface area (Å²) in [6.07, 6.45) is 3.48. The van der Waals surface area contributed by atoms with E-state index < -0.39 is 6.04 Å². The van der Waals surface area contributed by atoms with Crippen LogP contribution in [0.5, 0.6) is 5.75 Å². The largest absolute Gasteiger partial charge is 0.487 e. The molecule has 136 valence electrons. The molecule has 1 aromatic carbocycles. The number of likely N-dealkylation sites (N-methyl/N-ethyl adjacent to an activating group) is 1. The van der Waals surface area contributed by atoms with Crippen LogP contribution in [0, 0.1) is 0 Å². The molecule has 25 heavy (non-hydrogen) atoms. The van der Waals surface area contributed by atoms with E-state index in [2.05, 4.69) is 28.7 Å². The Morgan fingerprint density at radius 2 is 2.08 bits per heavy atom. The maximum Gasteiger partial charge on any atom is 0.242 e. The fourth-order valence-corrected chi connectivity index (χ4v) is 3.35. The summed E-state index contributed by atoms with van der Waals surface area (Å²) >= 11 is 0. The number of amides is 1. The molecule has 4 unspecified atom stereocenters. The van der Waals surface area contributed by atoms with Gasteiger partial charge in [0.25, 0.3) is 0 Å². The van der Waals surface area contributed by atoms with Crippen LogP contribution in [-0.2, 0) is 11.8 Å². The Kier molecular flexibility index (Phi) is 6.08. The number of rotatable bonds is 5. The summed E-state index contributed by atoms with van der Waals surface area (Å²) in [6.45, 7) is 4.12. The lowest BCUT2D eigenvalue weighted by molar-refractivity contribution is -0.124. The molecule has 6 nitrogen and oxygen atoms in total. The zero-order valence-corrected chi connectivity index (χ0v) is 15.7. The van der Waals surface area contributed by atoms with E-state index in [4.69, 9.17) is 4.74 Å². The van der Waals surface area contributed by atoms with Crippen LogP contribution in [0.1, 0.15) is 36.9 Å². The number of hydrogen-bond acceptors (Lipinski definition) is 4. The van der Waals surface area contributed by atoms with Crippen molar-refractivity contribution in [2.75, 3.05) is 7.05 Å². The van der Waals surface area contributed by atoms with Gasteiger partial charge in [0.15, 0.2) is 0 Å². The summed E-state index contributed by atoms with van der Waals surface area (Å²) in [7, 11) is 3.61. The predicted molar refractivity (Wildman–Crippen MR) is 99.1 cm³/mol. The van der Waals surface area contributed by atoms with Gasteiger partial charge in [-0.25, -0.2) is 0 Å². The van der Waals surface area contributed by atoms with Crippen molar-refractivity contribution < 1.29 is 9.53 Å². The van der Waals surface area contributed by atoms with E-state index in [1.807, 2.05) is 38.4 Å². The maximum atomic E-state index is 12.7. The lowest BCUT2D eigenvalue weighted by atomic mass is 9.93. The third kappa shape index (κ3) is 3.80. The van der Waals surface area contributed by atoms with Crippen molar-refractivity contribution in [2.45, 2.75) is 38.0 Å². The van der Waals surface area contributed by atoms with Gasteiger partial charge < -0.3 is 15.4 Å². The van der Waals surface area contributed by atoms with Gasteiger partial charge in [-0.1, -0.05) is 25.1 Å². The first-order valence-corrected chi connectivity index (χ1v) is 8.23. The zero-order chi connectivity index (χ0) is 17.3. The smallest absolute Gasteiger partial charge is 0.242 e. The Bertz CT molecular complexity index is 733. The van der Waals surface area contributed by atoms with Crippen molar-refractivity contribution in [2.24, 2.45) is 7.05 Å². The minimum absolute atomic E-state index is 0. The number of aryl methyl sites for hydroxylation is 1. The van der Waals surface area contributed by atoms with Gasteiger partial charge >= 0.3 is 0 Å². The summed E-state index contributed by atoms with van der Waals surface area (Å²) in [6, 6.07) is 7.51. The Balaban J connectivity index is 0.00000225. The Morgan fingerprint density at radius 1 is 1.36 bits per heavy atom. The second kappa shape index (κ2) is 7.89. The highest BCUT2D eigenvalue weighted by Crippen LogP contribution is 2.38. The summed E-state index contributed by atoms with van der Waals surface area (Å²) in [4.78, 5) is 12.7. The lowest BCUT2D eigenvalue weighted by Gasteiger charge is -2.26. The number of halogens is 1. The topological polar surface area (TPSA) is 68.2 Å². The third-order valence-electron chi connectivity index (χ3n) is 4.64. The Labute approximate surface area is 154 Å². The van der Waals surface area contributed by atoms with E-state index >= 15 is 0 Å². The molecular formula is C18H25ClN4O2. The third-order valence-corrected chi connectivity index (χ3v) is 4.64. The van der Waals surface area contributed by atoms with E-state index in [-0.39, 0.29) is 36.4 Å². The van der Waals surface area contributed by atoms with E-state index in [1.165, 1.54) is 5.56 Å². The quantitative estimate of drug-likeness (QED) is 0.853. The number of carbonyl (C=O) groups excluding carboxylic acids is 1. The number of fused-ring (bicyclic) bond motifs is 1. The van der Waals surface area contributed by atoms with Crippen LogP contribution in [-0.4, -0.2) is 34.9 Å². The molecule has 7 heteroatoms. The number of aromatic nitrogens is 2. The molecule has 0 bridgehead atoms. The summed E-state index contributed by atoms with van der Waals surface area (Å²) in [5.41, 5.74) is 2.04. The fourth-order valence-electron chi connectivity index (χ4n) is 3.35. The molecule has 3 rings (SSSR count).